The molecule has 2 aliphatic rings. The SMILES string of the molecule is c1sc(CC2CC2)nc1C1CCCN1. The molecule has 0 radical (unpaired) electrons. The lowest BCUT2D eigenvalue weighted by atomic mass is 10.2. The van der Waals surface area contributed by atoms with E-state index in [1.54, 1.807) is 0 Å². The van der Waals surface area contributed by atoms with Crippen LogP contribution < -0.4 is 5.32 Å². The molecule has 0 amide bonds. The molecule has 3 rings (SSSR count). The molecule has 1 saturated carbocycles. The number of thiazole rings is 1. The minimum atomic E-state index is 0.555. The summed E-state index contributed by atoms with van der Waals surface area (Å²) < 4.78 is 0. The Labute approximate surface area is 88.7 Å². The zero-order valence-corrected chi connectivity index (χ0v) is 9.15. The fourth-order valence-corrected chi connectivity index (χ4v) is 3.05. The summed E-state index contributed by atoms with van der Waals surface area (Å²) in [4.78, 5) is 4.73. The molecule has 3 heteroatoms. The quantitative estimate of drug-likeness (QED) is 0.825. The van der Waals surface area contributed by atoms with Gasteiger partial charge in [-0.15, -0.1) is 11.3 Å². The first-order chi connectivity index (χ1) is 6.92. The molecule has 1 aromatic rings. The second-order valence-corrected chi connectivity index (χ2v) is 5.41. The average molecular weight is 208 g/mol. The largest absolute Gasteiger partial charge is 0.309 e. The van der Waals surface area contributed by atoms with E-state index in [1.807, 2.05) is 11.3 Å². The van der Waals surface area contributed by atoms with Crippen LogP contribution in [0.3, 0.4) is 0 Å². The van der Waals surface area contributed by atoms with Crippen molar-refractivity contribution in [3.05, 3.63) is 16.1 Å². The van der Waals surface area contributed by atoms with Crippen molar-refractivity contribution < 1.29 is 0 Å². The summed E-state index contributed by atoms with van der Waals surface area (Å²) in [5.41, 5.74) is 1.29. The molecule has 1 aliphatic carbocycles. The van der Waals surface area contributed by atoms with Crippen molar-refractivity contribution >= 4 is 11.3 Å². The van der Waals surface area contributed by atoms with Gasteiger partial charge in [0.15, 0.2) is 0 Å². The highest BCUT2D eigenvalue weighted by Gasteiger charge is 2.24. The monoisotopic (exact) mass is 208 g/mol. The van der Waals surface area contributed by atoms with Gasteiger partial charge in [0.1, 0.15) is 0 Å². The molecule has 1 aromatic heterocycles. The summed E-state index contributed by atoms with van der Waals surface area (Å²) in [6.45, 7) is 1.17. The van der Waals surface area contributed by atoms with Crippen molar-refractivity contribution in [2.45, 2.75) is 38.1 Å². The van der Waals surface area contributed by atoms with Crippen LogP contribution in [0.15, 0.2) is 5.38 Å². The number of aromatic nitrogens is 1. The van der Waals surface area contributed by atoms with Crippen molar-refractivity contribution in [3.8, 4) is 0 Å². The summed E-state index contributed by atoms with van der Waals surface area (Å²) in [5.74, 6) is 0.963. The number of nitrogens with zero attached hydrogens (tertiary/aromatic N) is 1. The molecule has 0 spiro atoms. The van der Waals surface area contributed by atoms with Gasteiger partial charge < -0.3 is 5.32 Å². The third-order valence-electron chi connectivity index (χ3n) is 3.15. The van der Waals surface area contributed by atoms with Crippen LogP contribution >= 0.6 is 11.3 Å². The fraction of sp³-hybridized carbons (Fsp3) is 0.727. The molecule has 1 saturated heterocycles. The van der Waals surface area contributed by atoms with Gasteiger partial charge in [0.05, 0.1) is 16.7 Å². The predicted octanol–water partition coefficient (Wildman–Crippen LogP) is 2.52. The second-order valence-electron chi connectivity index (χ2n) is 4.46. The van der Waals surface area contributed by atoms with Gasteiger partial charge >= 0.3 is 0 Å². The van der Waals surface area contributed by atoms with E-state index < -0.39 is 0 Å². The van der Waals surface area contributed by atoms with Crippen LogP contribution in [0.25, 0.3) is 0 Å². The van der Waals surface area contributed by atoms with Gasteiger partial charge in [-0.3, -0.25) is 0 Å². The zero-order chi connectivity index (χ0) is 9.38. The Kier molecular flexibility index (Phi) is 2.30. The van der Waals surface area contributed by atoms with Crippen LogP contribution in [0, 0.1) is 5.92 Å². The molecule has 1 atom stereocenters. The number of rotatable bonds is 3. The molecule has 1 N–H and O–H groups in total. The van der Waals surface area contributed by atoms with E-state index in [0.717, 1.165) is 5.92 Å². The van der Waals surface area contributed by atoms with Crippen LogP contribution in [0.5, 0.6) is 0 Å². The van der Waals surface area contributed by atoms with E-state index in [9.17, 15) is 0 Å². The fourth-order valence-electron chi connectivity index (χ4n) is 2.08. The molecule has 2 nitrogen and oxygen atoms in total. The van der Waals surface area contributed by atoms with Crippen LogP contribution in [0.2, 0.25) is 0 Å². The average Bonchev–Trinajstić information content (AvgIpc) is 2.71. The van der Waals surface area contributed by atoms with E-state index in [4.69, 9.17) is 4.98 Å². The minimum Gasteiger partial charge on any atom is -0.309 e. The Morgan fingerprint density at radius 2 is 2.36 bits per heavy atom. The van der Waals surface area contributed by atoms with E-state index >= 15 is 0 Å². The predicted molar refractivity (Wildman–Crippen MR) is 58.5 cm³/mol. The molecule has 0 bridgehead atoms. The Morgan fingerprint density at radius 1 is 1.43 bits per heavy atom. The van der Waals surface area contributed by atoms with Gasteiger partial charge in [-0.1, -0.05) is 0 Å². The standard InChI is InChI=1S/C11H16N2S/c1-2-9(12-5-1)10-7-14-11(13-10)6-8-3-4-8/h7-9,12H,1-6H2. The summed E-state index contributed by atoms with van der Waals surface area (Å²) >= 11 is 1.85. The Morgan fingerprint density at radius 3 is 3.07 bits per heavy atom. The minimum absolute atomic E-state index is 0.555. The van der Waals surface area contributed by atoms with E-state index in [-0.39, 0.29) is 0 Å². The maximum atomic E-state index is 4.73. The highest BCUT2D eigenvalue weighted by Crippen LogP contribution is 2.34. The van der Waals surface area contributed by atoms with Gasteiger partial charge in [-0.2, -0.15) is 0 Å². The molecule has 1 unspecified atom stereocenters. The van der Waals surface area contributed by atoms with Gasteiger partial charge in [0, 0.05) is 11.8 Å². The van der Waals surface area contributed by atoms with E-state index in [0.29, 0.717) is 6.04 Å². The highest BCUT2D eigenvalue weighted by molar-refractivity contribution is 7.09. The third-order valence-corrected chi connectivity index (χ3v) is 4.04. The number of hydrogen-bond acceptors (Lipinski definition) is 3. The molecule has 2 heterocycles. The van der Waals surface area contributed by atoms with Crippen molar-refractivity contribution in [1.82, 2.24) is 10.3 Å². The molecular formula is C11H16N2S. The summed E-state index contributed by atoms with van der Waals surface area (Å²) in [7, 11) is 0. The van der Waals surface area contributed by atoms with Crippen LogP contribution in [0.1, 0.15) is 42.4 Å². The Hall–Kier alpha value is -0.410. The summed E-state index contributed by atoms with van der Waals surface area (Å²) in [6, 6.07) is 0.555. The van der Waals surface area contributed by atoms with Crippen molar-refractivity contribution in [3.63, 3.8) is 0 Å². The van der Waals surface area contributed by atoms with Gasteiger partial charge in [-0.05, 0) is 38.1 Å². The summed E-state index contributed by atoms with van der Waals surface area (Å²) in [6.07, 6.45) is 6.66. The lowest BCUT2D eigenvalue weighted by molar-refractivity contribution is 0.628. The van der Waals surface area contributed by atoms with Crippen molar-refractivity contribution in [2.75, 3.05) is 6.54 Å². The van der Waals surface area contributed by atoms with Crippen LogP contribution in [-0.4, -0.2) is 11.5 Å². The molecule has 76 valence electrons. The van der Waals surface area contributed by atoms with Crippen LogP contribution in [0.4, 0.5) is 0 Å². The lowest BCUT2D eigenvalue weighted by Crippen LogP contribution is -2.13. The lowest BCUT2D eigenvalue weighted by Gasteiger charge is -2.04. The van der Waals surface area contributed by atoms with Crippen molar-refractivity contribution in [1.29, 1.82) is 0 Å². The molecule has 0 aromatic carbocycles. The first-order valence-electron chi connectivity index (χ1n) is 5.59. The normalized spacial score (nSPS) is 27.0. The van der Waals surface area contributed by atoms with Crippen LogP contribution in [-0.2, 0) is 6.42 Å². The first-order valence-corrected chi connectivity index (χ1v) is 6.47. The zero-order valence-electron chi connectivity index (χ0n) is 8.33. The maximum Gasteiger partial charge on any atom is 0.0931 e. The number of hydrogen-bond donors (Lipinski definition) is 1. The highest BCUT2D eigenvalue weighted by atomic mass is 32.1. The van der Waals surface area contributed by atoms with E-state index in [2.05, 4.69) is 10.7 Å². The smallest absolute Gasteiger partial charge is 0.0931 e. The molecule has 1 aliphatic heterocycles. The van der Waals surface area contributed by atoms with Gasteiger partial charge in [0.2, 0.25) is 0 Å². The summed E-state index contributed by atoms with van der Waals surface area (Å²) in [5, 5.41) is 7.11. The molecule has 14 heavy (non-hydrogen) atoms. The maximum absolute atomic E-state index is 4.73. The number of nitrogens with one attached hydrogen (secondary N) is 1. The molecular weight excluding hydrogens is 192 g/mol. The second kappa shape index (κ2) is 3.63. The topological polar surface area (TPSA) is 24.9 Å². The first kappa shape index (κ1) is 8.86. The molecule has 2 fully saturated rings. The Bertz CT molecular complexity index is 311. The van der Waals surface area contributed by atoms with Gasteiger partial charge in [0.25, 0.3) is 0 Å². The van der Waals surface area contributed by atoms with Crippen molar-refractivity contribution in [2.24, 2.45) is 5.92 Å². The Balaban J connectivity index is 1.68. The van der Waals surface area contributed by atoms with E-state index in [1.165, 1.54) is 49.4 Å². The van der Waals surface area contributed by atoms with Gasteiger partial charge in [-0.25, -0.2) is 4.98 Å². The third kappa shape index (κ3) is 1.84.